The molecule has 37 heavy (non-hydrogen) atoms. The molecule has 0 N–H and O–H groups in total. The minimum absolute atomic E-state index is 0. The van der Waals surface area contributed by atoms with Gasteiger partial charge in [-0.15, -0.1) is 6.58 Å². The van der Waals surface area contributed by atoms with Gasteiger partial charge in [0.05, 0.1) is 8.24 Å². The molecule has 0 atom stereocenters. The first kappa shape index (κ1) is 45.4. The van der Waals surface area contributed by atoms with Gasteiger partial charge in [0.15, 0.2) is 0 Å². The van der Waals surface area contributed by atoms with E-state index in [0.717, 1.165) is 6.54 Å². The van der Waals surface area contributed by atoms with Crippen molar-refractivity contribution >= 4 is 55.1 Å². The molecular weight excluding hydrogens is 565 g/mol. The summed E-state index contributed by atoms with van der Waals surface area (Å²) in [6, 6.07) is 0. The molecule has 0 aromatic rings. The second-order valence-corrected chi connectivity index (χ2v) is 35.0. The fourth-order valence-corrected chi connectivity index (χ4v) is 18.3. The van der Waals surface area contributed by atoms with Crippen LogP contribution in [0.1, 0.15) is 27.1 Å². The van der Waals surface area contributed by atoms with Crippen molar-refractivity contribution in [1.82, 2.24) is 13.2 Å². The molecule has 3 saturated heterocycles. The minimum Gasteiger partial charge on any atom is -1.00 e. The number of hydrogen-bond donors (Lipinski definition) is 0. The number of rotatable bonds is 6. The Labute approximate surface area is 328 Å². The van der Waals surface area contributed by atoms with Crippen LogP contribution >= 0.6 is 0 Å². The summed E-state index contributed by atoms with van der Waals surface area (Å²) in [5.41, 5.74) is 0. The Morgan fingerprint density at radius 1 is 0.757 bits per heavy atom. The molecule has 3 aliphatic heterocycles. The molecule has 0 aromatic heterocycles. The van der Waals surface area contributed by atoms with E-state index in [-0.39, 0.29) is 104 Å². The van der Waals surface area contributed by atoms with Crippen molar-refractivity contribution in [3.8, 4) is 0 Å². The van der Waals surface area contributed by atoms with Gasteiger partial charge in [-0.2, -0.15) is 6.32 Å². The molecule has 0 aliphatic carbocycles. The molecule has 0 spiro atoms. The fourth-order valence-electron chi connectivity index (χ4n) is 5.41. The smallest absolute Gasteiger partial charge is 1.00 e. The fraction of sp³-hybridized carbons (Fsp3) is 0.920. The molecule has 3 nitrogen and oxygen atoms in total. The zero-order valence-corrected chi connectivity index (χ0v) is 38.8. The molecule has 3 rings (SSSR count). The van der Waals surface area contributed by atoms with Gasteiger partial charge in [0.25, 0.3) is 0 Å². The van der Waals surface area contributed by atoms with Crippen LogP contribution in [0.4, 0.5) is 0 Å². The summed E-state index contributed by atoms with van der Waals surface area (Å²) >= 11 is 0. The quantitative estimate of drug-likeness (QED) is 0.323. The average Bonchev–Trinajstić information content (AvgIpc) is 3.48. The zero-order chi connectivity index (χ0) is 27.3. The van der Waals surface area contributed by atoms with E-state index in [1.165, 1.54) is 57.7 Å². The van der Waals surface area contributed by atoms with Crippen LogP contribution in [0.15, 0.2) is 12.7 Å². The molecule has 0 amide bonds. The van der Waals surface area contributed by atoms with Crippen molar-refractivity contribution in [2.75, 3.05) is 19.6 Å². The van der Waals surface area contributed by atoms with Gasteiger partial charge < -0.3 is 14.6 Å². The van der Waals surface area contributed by atoms with Gasteiger partial charge in [-0.3, -0.25) is 0 Å². The summed E-state index contributed by atoms with van der Waals surface area (Å²) in [5.74, 6) is 0. The van der Waals surface area contributed by atoms with Crippen LogP contribution < -0.4 is 103 Å². The largest absolute Gasteiger partial charge is 1.00 e. The third-order valence-electron chi connectivity index (χ3n) is 7.41. The van der Waals surface area contributed by atoms with Gasteiger partial charge >= 0.3 is 103 Å². The maximum Gasteiger partial charge on any atom is 1.00 e. The molecule has 3 heterocycles. The summed E-state index contributed by atoms with van der Waals surface area (Å²) in [4.78, 5) is 0. The van der Waals surface area contributed by atoms with Crippen LogP contribution in [-0.2, 0) is 0 Å². The maximum absolute atomic E-state index is 3.83. The Bertz CT molecular complexity index is 525. The van der Waals surface area contributed by atoms with Crippen LogP contribution in [0, 0.1) is 0 Å². The Morgan fingerprint density at radius 2 is 1.27 bits per heavy atom. The summed E-state index contributed by atoms with van der Waals surface area (Å²) in [7, 11) is 1.08. The van der Waals surface area contributed by atoms with Crippen LogP contribution in [0.25, 0.3) is 0 Å². The van der Waals surface area contributed by atoms with E-state index in [1.54, 1.807) is 6.32 Å². The van der Waals surface area contributed by atoms with Crippen molar-refractivity contribution in [3.63, 3.8) is 0 Å². The summed E-state index contributed by atoms with van der Waals surface area (Å²) in [6.07, 6.45) is 13.4. The number of hydrogen-bond acceptors (Lipinski definition) is 3. The Kier molecular flexibility index (Phi) is 27.6. The summed E-state index contributed by atoms with van der Waals surface area (Å²) in [6.45, 7) is 36.7. The van der Waals surface area contributed by atoms with Crippen LogP contribution in [0.5, 0.6) is 0 Å². The predicted molar refractivity (Wildman–Crippen MR) is 183 cm³/mol. The van der Waals surface area contributed by atoms with Crippen LogP contribution in [-0.4, -0.2) is 87.9 Å². The average molecular weight is 630 g/mol. The second-order valence-electron chi connectivity index (χ2n) is 14.8. The van der Waals surface area contributed by atoms with E-state index < -0.39 is 32.9 Å². The molecule has 3 fully saturated rings. The van der Waals surface area contributed by atoms with Crippen molar-refractivity contribution in [2.24, 2.45) is 0 Å². The normalized spacial score (nSPS) is 18.4. The molecule has 12 heteroatoms. The first-order valence-corrected chi connectivity index (χ1v) is 28.6. The summed E-state index contributed by atoms with van der Waals surface area (Å²) < 4.78 is 8.09. The van der Waals surface area contributed by atoms with Gasteiger partial charge in [0.2, 0.25) is 7.41 Å². The van der Waals surface area contributed by atoms with E-state index in [1.807, 2.05) is 6.08 Å². The van der Waals surface area contributed by atoms with E-state index >= 15 is 0 Å². The molecule has 3 aliphatic rings. The Morgan fingerprint density at radius 3 is 1.43 bits per heavy atom. The number of nitrogens with zero attached hydrogens (tertiary/aromatic N) is 3. The molecular formula is C25H64B3K2N3Si4. The van der Waals surface area contributed by atoms with Crippen LogP contribution in [0.3, 0.4) is 0 Å². The van der Waals surface area contributed by atoms with Crippen molar-refractivity contribution < 1.29 is 104 Å². The first-order chi connectivity index (χ1) is 15.9. The van der Waals surface area contributed by atoms with Gasteiger partial charge in [-0.1, -0.05) is 123 Å². The minimum atomic E-state index is -1.12. The molecule has 0 aromatic carbocycles. The molecule has 0 bridgehead atoms. The maximum atomic E-state index is 3.83. The SMILES string of the molecule is C=CCN([Si](C)(C)C)[Si](C)(C)C.C[Si](C)(C)N1[BH2-]CCC1.C[Si](C)(C)N1[B]CCC1.[B]1CCCC1.[H-].[K+].[K+]. The topological polar surface area (TPSA) is 9.72 Å². The predicted octanol–water partition coefficient (Wildman–Crippen LogP) is 1.18. The zero-order valence-electron chi connectivity index (χ0n) is 29.6. The first-order valence-electron chi connectivity index (χ1n) is 14.8. The molecule has 0 saturated carbocycles. The van der Waals surface area contributed by atoms with E-state index in [2.05, 4.69) is 113 Å². The summed E-state index contributed by atoms with van der Waals surface area (Å²) in [5, 5.41) is 0. The van der Waals surface area contributed by atoms with Crippen molar-refractivity contribution in [2.45, 2.75) is 130 Å². The van der Waals surface area contributed by atoms with Gasteiger partial charge in [0, 0.05) is 14.0 Å². The molecule has 206 valence electrons. The standard InChI is InChI=1S/C9H23NSi2.C6H17BNSi.C6H15BNSi.C4H8B.2K.H/c1-8-9-10(11(2,3)4)12(5,6)7;2*1-9(2,3)8-6-4-5-7-8;1-2-4-5-3-1;;;/h8H,1,9H2,2-7H3;4-7H2,1-3H3;4-6H2,1-3H3;1-4H2;;;/q;-1;;;2*+1;-1. The van der Waals surface area contributed by atoms with Crippen molar-refractivity contribution in [1.29, 1.82) is 0 Å². The monoisotopic (exact) mass is 629 g/mol. The van der Waals surface area contributed by atoms with Crippen LogP contribution in [0.2, 0.25) is 104 Å². The molecule has 2 radical (unpaired) electrons. The van der Waals surface area contributed by atoms with Gasteiger partial charge in [-0.05, 0) is 19.5 Å². The second kappa shape index (κ2) is 22.5. The third-order valence-corrected chi connectivity index (χ3v) is 20.0. The third kappa shape index (κ3) is 23.1. The van der Waals surface area contributed by atoms with Crippen molar-refractivity contribution in [3.05, 3.63) is 12.7 Å². The Balaban J connectivity index is -0.000000203. The van der Waals surface area contributed by atoms with Gasteiger partial charge in [0.1, 0.15) is 32.0 Å². The Hall–Kier alpha value is 3.96. The van der Waals surface area contributed by atoms with E-state index in [0.29, 0.717) is 7.41 Å². The van der Waals surface area contributed by atoms with E-state index in [9.17, 15) is 0 Å². The molecule has 0 unspecified atom stereocenters. The van der Waals surface area contributed by atoms with E-state index in [4.69, 9.17) is 0 Å². The van der Waals surface area contributed by atoms with Gasteiger partial charge in [-0.25, -0.2) is 0 Å².